The first-order valence-corrected chi connectivity index (χ1v) is 3.61. The van der Waals surface area contributed by atoms with Gasteiger partial charge in [0.15, 0.2) is 0 Å². The Kier molecular flexibility index (Phi) is 3.96. The molecule has 0 bridgehead atoms. The van der Waals surface area contributed by atoms with E-state index in [0.717, 1.165) is 0 Å². The molecule has 0 amide bonds. The second-order valence-corrected chi connectivity index (χ2v) is 2.43. The lowest BCUT2D eigenvalue weighted by molar-refractivity contribution is 0.0867. The van der Waals surface area contributed by atoms with Crippen molar-refractivity contribution < 1.29 is 23.7 Å². The average molecular weight is 157 g/mol. The van der Waals surface area contributed by atoms with E-state index < -0.39 is 7.82 Å². The van der Waals surface area contributed by atoms with E-state index in [4.69, 9.17) is 9.79 Å². The Hall–Kier alpha value is 0.0300. The highest BCUT2D eigenvalue weighted by Gasteiger charge is 2.12. The molecular formula is C2H8NO5P. The van der Waals surface area contributed by atoms with Crippen LogP contribution in [0.25, 0.3) is 0 Å². The predicted molar refractivity (Wildman–Crippen MR) is 28.1 cm³/mol. The number of nitrogens with two attached hydrogens (primary N) is 1. The van der Waals surface area contributed by atoms with Gasteiger partial charge in [0, 0.05) is 0 Å². The van der Waals surface area contributed by atoms with Crippen LogP contribution in [0.15, 0.2) is 0 Å². The monoisotopic (exact) mass is 157 g/mol. The van der Waals surface area contributed by atoms with Gasteiger partial charge < -0.3 is 14.6 Å². The molecule has 0 saturated heterocycles. The third-order valence-electron chi connectivity index (χ3n) is 0.461. The van der Waals surface area contributed by atoms with Crippen LogP contribution >= 0.6 is 7.82 Å². The quantitative estimate of drug-likeness (QED) is 0.274. The molecule has 0 saturated carbocycles. The van der Waals surface area contributed by atoms with E-state index in [1.54, 1.807) is 0 Å². The zero-order chi connectivity index (χ0) is 7.33. The summed E-state index contributed by atoms with van der Waals surface area (Å²) in [5.41, 5.74) is 0. The highest BCUT2D eigenvalue weighted by Crippen LogP contribution is 2.35. The molecule has 56 valence electrons. The largest absolute Gasteiger partial charge is 0.469 e. The van der Waals surface area contributed by atoms with Crippen LogP contribution in [0, 0.1) is 0 Å². The summed E-state index contributed by atoms with van der Waals surface area (Å²) in [6.45, 7) is -0.244. The van der Waals surface area contributed by atoms with Gasteiger partial charge in [0.1, 0.15) is 0 Å². The second kappa shape index (κ2) is 3.94. The zero-order valence-corrected chi connectivity index (χ0v) is 5.45. The van der Waals surface area contributed by atoms with Crippen molar-refractivity contribution in [1.29, 1.82) is 0 Å². The Bertz CT molecular complexity index is 110. The molecular weight excluding hydrogens is 149 g/mol. The fraction of sp³-hybridized carbons (Fsp3) is 1.00. The van der Waals surface area contributed by atoms with Crippen LogP contribution < -0.4 is 5.90 Å². The van der Waals surface area contributed by atoms with Gasteiger partial charge in [-0.05, 0) is 0 Å². The maximum atomic E-state index is 9.88. The van der Waals surface area contributed by atoms with Crippen LogP contribution in [0.1, 0.15) is 0 Å². The Labute approximate surface area is 51.8 Å². The Morgan fingerprint density at radius 2 is 2.00 bits per heavy atom. The van der Waals surface area contributed by atoms with E-state index in [0.29, 0.717) is 0 Å². The van der Waals surface area contributed by atoms with Crippen molar-refractivity contribution in [2.24, 2.45) is 5.90 Å². The SMILES string of the molecule is NOCCOP(=O)(O)O. The molecule has 0 atom stereocenters. The van der Waals surface area contributed by atoms with Gasteiger partial charge in [-0.2, -0.15) is 0 Å². The molecule has 0 rings (SSSR count). The van der Waals surface area contributed by atoms with Crippen LogP contribution in [0.5, 0.6) is 0 Å². The molecule has 0 heterocycles. The molecule has 0 spiro atoms. The minimum Gasteiger partial charge on any atom is -0.303 e. The number of hydrogen-bond acceptors (Lipinski definition) is 4. The van der Waals surface area contributed by atoms with E-state index in [-0.39, 0.29) is 13.2 Å². The number of rotatable bonds is 4. The van der Waals surface area contributed by atoms with E-state index in [2.05, 4.69) is 15.3 Å². The van der Waals surface area contributed by atoms with Gasteiger partial charge in [-0.25, -0.2) is 10.5 Å². The molecule has 0 unspecified atom stereocenters. The van der Waals surface area contributed by atoms with Crippen LogP contribution in [0.2, 0.25) is 0 Å². The van der Waals surface area contributed by atoms with Crippen LogP contribution in [0.3, 0.4) is 0 Å². The van der Waals surface area contributed by atoms with E-state index in [1.165, 1.54) is 0 Å². The van der Waals surface area contributed by atoms with Gasteiger partial charge in [-0.3, -0.25) is 4.52 Å². The van der Waals surface area contributed by atoms with Gasteiger partial charge in [-0.15, -0.1) is 0 Å². The van der Waals surface area contributed by atoms with Crippen molar-refractivity contribution in [1.82, 2.24) is 0 Å². The highest BCUT2D eigenvalue weighted by molar-refractivity contribution is 7.46. The maximum absolute atomic E-state index is 9.88. The summed E-state index contributed by atoms with van der Waals surface area (Å²) in [6, 6.07) is 0. The third-order valence-corrected chi connectivity index (χ3v) is 0.980. The third kappa shape index (κ3) is 8.03. The molecule has 7 heteroatoms. The fourth-order valence-corrected chi connectivity index (χ4v) is 0.517. The highest BCUT2D eigenvalue weighted by atomic mass is 31.2. The Morgan fingerprint density at radius 1 is 1.44 bits per heavy atom. The van der Waals surface area contributed by atoms with Crippen LogP contribution in [0.4, 0.5) is 0 Å². The molecule has 0 aliphatic rings. The normalized spacial score (nSPS) is 11.9. The lowest BCUT2D eigenvalue weighted by Crippen LogP contribution is -2.06. The fourth-order valence-electron chi connectivity index (χ4n) is 0.204. The Morgan fingerprint density at radius 3 is 2.33 bits per heavy atom. The van der Waals surface area contributed by atoms with Crippen molar-refractivity contribution in [3.63, 3.8) is 0 Å². The lowest BCUT2D eigenvalue weighted by Gasteiger charge is -2.02. The van der Waals surface area contributed by atoms with E-state index >= 15 is 0 Å². The summed E-state index contributed by atoms with van der Waals surface area (Å²) >= 11 is 0. The van der Waals surface area contributed by atoms with Crippen molar-refractivity contribution in [3.8, 4) is 0 Å². The number of phosphoric acid groups is 1. The van der Waals surface area contributed by atoms with Crippen LogP contribution in [-0.2, 0) is 13.9 Å². The van der Waals surface area contributed by atoms with Crippen molar-refractivity contribution in [2.45, 2.75) is 0 Å². The van der Waals surface area contributed by atoms with Gasteiger partial charge in [0.05, 0.1) is 13.2 Å². The van der Waals surface area contributed by atoms with Crippen molar-refractivity contribution in [3.05, 3.63) is 0 Å². The first kappa shape index (κ1) is 9.03. The average Bonchev–Trinajstić information content (AvgIpc) is 1.63. The minimum absolute atomic E-state index is 0.0366. The summed E-state index contributed by atoms with van der Waals surface area (Å²) in [4.78, 5) is 20.0. The molecule has 0 aliphatic heterocycles. The molecule has 0 aromatic carbocycles. The van der Waals surface area contributed by atoms with Crippen LogP contribution in [-0.4, -0.2) is 23.0 Å². The summed E-state index contributed by atoms with van der Waals surface area (Å²) in [7, 11) is -4.33. The van der Waals surface area contributed by atoms with Crippen molar-refractivity contribution >= 4 is 7.82 Å². The molecule has 4 N–H and O–H groups in total. The summed E-state index contributed by atoms with van der Waals surface area (Å²) in [5, 5.41) is 0. The predicted octanol–water partition coefficient (Wildman–Crippen LogP) is -1.01. The van der Waals surface area contributed by atoms with Crippen molar-refractivity contribution in [2.75, 3.05) is 13.2 Å². The first-order chi connectivity index (χ1) is 4.06. The standard InChI is InChI=1S/C2H8NO5P/c3-7-1-2-8-9(4,5)6/h1-3H2,(H2,4,5,6). The number of phosphoric ester groups is 1. The van der Waals surface area contributed by atoms with Gasteiger partial charge >= 0.3 is 7.82 Å². The zero-order valence-electron chi connectivity index (χ0n) is 4.56. The Balaban J connectivity index is 3.18. The molecule has 9 heavy (non-hydrogen) atoms. The lowest BCUT2D eigenvalue weighted by atomic mass is 10.8. The summed E-state index contributed by atoms with van der Waals surface area (Å²) in [6.07, 6.45) is 0. The van der Waals surface area contributed by atoms with Gasteiger partial charge in [0.25, 0.3) is 0 Å². The minimum atomic E-state index is -4.33. The topological polar surface area (TPSA) is 102 Å². The smallest absolute Gasteiger partial charge is 0.303 e. The molecule has 0 aliphatic carbocycles. The second-order valence-electron chi connectivity index (χ2n) is 1.19. The van der Waals surface area contributed by atoms with Gasteiger partial charge in [-0.1, -0.05) is 0 Å². The molecule has 0 aromatic rings. The molecule has 0 aromatic heterocycles. The number of hydrogen-bond donors (Lipinski definition) is 3. The maximum Gasteiger partial charge on any atom is 0.469 e. The molecule has 0 fully saturated rings. The molecule has 6 nitrogen and oxygen atoms in total. The summed E-state index contributed by atoms with van der Waals surface area (Å²) in [5.74, 6) is 4.52. The van der Waals surface area contributed by atoms with Gasteiger partial charge in [0.2, 0.25) is 0 Å². The summed E-state index contributed by atoms with van der Waals surface area (Å²) < 4.78 is 13.8. The molecule has 0 radical (unpaired) electrons. The van der Waals surface area contributed by atoms with E-state index in [9.17, 15) is 4.57 Å². The van der Waals surface area contributed by atoms with E-state index in [1.807, 2.05) is 0 Å². The first-order valence-electron chi connectivity index (χ1n) is 2.08.